The largest absolute Gasteiger partial charge is 0.0590 e. The van der Waals surface area contributed by atoms with Gasteiger partial charge in [0.1, 0.15) is 0 Å². The fraction of sp³-hybridized carbons (Fsp3) is 0.500. The first-order valence-corrected chi connectivity index (χ1v) is 9.82. The maximum absolute atomic E-state index is 2.40. The van der Waals surface area contributed by atoms with E-state index in [0.29, 0.717) is 0 Å². The standard InChI is InChI=1S/C24H30/c1-18-7-11-22(12-8-18)24(23-13-9-19(2)10-14-23)16-15-20-5-3-4-6-21(20)17-24/h7-14,20-21H,3-6,15-17H2,1-2H3. The van der Waals surface area contributed by atoms with E-state index in [1.165, 1.54) is 56.1 Å². The molecular weight excluding hydrogens is 288 g/mol. The van der Waals surface area contributed by atoms with Gasteiger partial charge in [-0.3, -0.25) is 0 Å². The van der Waals surface area contributed by atoms with Crippen LogP contribution in [0.4, 0.5) is 0 Å². The second kappa shape index (κ2) is 6.39. The van der Waals surface area contributed by atoms with Crippen LogP contribution in [0.5, 0.6) is 0 Å². The van der Waals surface area contributed by atoms with E-state index in [1.807, 2.05) is 0 Å². The quantitative estimate of drug-likeness (QED) is 0.586. The monoisotopic (exact) mass is 318 g/mol. The van der Waals surface area contributed by atoms with Crippen molar-refractivity contribution < 1.29 is 0 Å². The van der Waals surface area contributed by atoms with Crippen LogP contribution in [0.3, 0.4) is 0 Å². The lowest BCUT2D eigenvalue weighted by Crippen LogP contribution is -2.39. The summed E-state index contributed by atoms with van der Waals surface area (Å²) in [4.78, 5) is 0. The van der Waals surface area contributed by atoms with Crippen LogP contribution in [-0.4, -0.2) is 0 Å². The third-order valence-corrected chi connectivity index (χ3v) is 6.83. The van der Waals surface area contributed by atoms with Crippen molar-refractivity contribution in [2.45, 2.75) is 64.2 Å². The van der Waals surface area contributed by atoms with Gasteiger partial charge in [0.05, 0.1) is 0 Å². The molecule has 0 heteroatoms. The number of fused-ring (bicyclic) bond motifs is 1. The zero-order chi connectivity index (χ0) is 16.6. The molecular formula is C24H30. The lowest BCUT2D eigenvalue weighted by Gasteiger charge is -2.47. The van der Waals surface area contributed by atoms with Crippen LogP contribution in [0.25, 0.3) is 0 Å². The maximum atomic E-state index is 2.40. The van der Waals surface area contributed by atoms with Crippen LogP contribution in [0.15, 0.2) is 48.5 Å². The minimum Gasteiger partial charge on any atom is -0.0590 e. The number of benzene rings is 2. The van der Waals surface area contributed by atoms with Gasteiger partial charge in [-0.1, -0.05) is 85.3 Å². The summed E-state index contributed by atoms with van der Waals surface area (Å²) >= 11 is 0. The predicted molar refractivity (Wildman–Crippen MR) is 102 cm³/mol. The first-order valence-electron chi connectivity index (χ1n) is 9.82. The van der Waals surface area contributed by atoms with E-state index in [9.17, 15) is 0 Å². The summed E-state index contributed by atoms with van der Waals surface area (Å²) in [6.45, 7) is 4.39. The van der Waals surface area contributed by atoms with Crippen molar-refractivity contribution in [2.75, 3.05) is 0 Å². The zero-order valence-corrected chi connectivity index (χ0v) is 15.2. The normalized spacial score (nSPS) is 25.9. The Morgan fingerprint density at radius 3 is 1.71 bits per heavy atom. The van der Waals surface area contributed by atoms with E-state index in [2.05, 4.69) is 62.4 Å². The number of hydrogen-bond acceptors (Lipinski definition) is 0. The van der Waals surface area contributed by atoms with E-state index in [1.54, 1.807) is 11.1 Å². The Balaban J connectivity index is 1.77. The third kappa shape index (κ3) is 2.81. The fourth-order valence-corrected chi connectivity index (χ4v) is 5.35. The lowest BCUT2D eigenvalue weighted by molar-refractivity contribution is 0.125. The highest BCUT2D eigenvalue weighted by Gasteiger charge is 2.43. The van der Waals surface area contributed by atoms with Gasteiger partial charge in [-0.05, 0) is 56.1 Å². The van der Waals surface area contributed by atoms with Gasteiger partial charge in [0.25, 0.3) is 0 Å². The molecule has 2 aliphatic carbocycles. The smallest absolute Gasteiger partial charge is 0.0205 e. The van der Waals surface area contributed by atoms with Crippen molar-refractivity contribution in [3.63, 3.8) is 0 Å². The third-order valence-electron chi connectivity index (χ3n) is 6.83. The molecule has 0 saturated heterocycles. The van der Waals surface area contributed by atoms with Crippen LogP contribution in [0, 0.1) is 25.7 Å². The van der Waals surface area contributed by atoms with Gasteiger partial charge >= 0.3 is 0 Å². The summed E-state index contributed by atoms with van der Waals surface area (Å²) < 4.78 is 0. The molecule has 0 heterocycles. The molecule has 0 N–H and O–H groups in total. The molecule has 2 fully saturated rings. The molecule has 0 aromatic heterocycles. The zero-order valence-electron chi connectivity index (χ0n) is 15.2. The predicted octanol–water partition coefficient (Wildman–Crippen LogP) is 6.58. The summed E-state index contributed by atoms with van der Waals surface area (Å²) in [6, 6.07) is 18.8. The van der Waals surface area contributed by atoms with Crippen molar-refractivity contribution in [1.29, 1.82) is 0 Å². The van der Waals surface area contributed by atoms with E-state index < -0.39 is 0 Å². The van der Waals surface area contributed by atoms with Crippen LogP contribution in [-0.2, 0) is 5.41 Å². The van der Waals surface area contributed by atoms with Crippen molar-refractivity contribution in [1.82, 2.24) is 0 Å². The molecule has 4 rings (SSSR count). The molecule has 2 unspecified atom stereocenters. The minimum absolute atomic E-state index is 0.236. The van der Waals surface area contributed by atoms with E-state index in [0.717, 1.165) is 11.8 Å². The molecule has 0 radical (unpaired) electrons. The lowest BCUT2D eigenvalue weighted by atomic mass is 9.57. The topological polar surface area (TPSA) is 0 Å². The van der Waals surface area contributed by atoms with Crippen molar-refractivity contribution >= 4 is 0 Å². The van der Waals surface area contributed by atoms with Gasteiger partial charge in [-0.15, -0.1) is 0 Å². The maximum Gasteiger partial charge on any atom is 0.0205 e. The molecule has 126 valence electrons. The number of rotatable bonds is 2. The van der Waals surface area contributed by atoms with E-state index >= 15 is 0 Å². The second-order valence-electron chi connectivity index (χ2n) is 8.36. The van der Waals surface area contributed by atoms with E-state index in [4.69, 9.17) is 0 Å². The number of hydrogen-bond donors (Lipinski definition) is 0. The van der Waals surface area contributed by atoms with Crippen molar-refractivity contribution in [3.05, 3.63) is 70.8 Å². The van der Waals surface area contributed by atoms with Crippen LogP contribution < -0.4 is 0 Å². The molecule has 0 nitrogen and oxygen atoms in total. The average Bonchev–Trinajstić information content (AvgIpc) is 2.62. The molecule has 2 atom stereocenters. The Bertz CT molecular complexity index is 631. The fourth-order valence-electron chi connectivity index (χ4n) is 5.35. The molecule has 0 spiro atoms. The molecule has 2 aliphatic rings. The Morgan fingerprint density at radius 2 is 1.17 bits per heavy atom. The van der Waals surface area contributed by atoms with Crippen LogP contribution in [0.2, 0.25) is 0 Å². The molecule has 24 heavy (non-hydrogen) atoms. The second-order valence-corrected chi connectivity index (χ2v) is 8.36. The molecule has 2 saturated carbocycles. The van der Waals surface area contributed by atoms with Gasteiger partial charge < -0.3 is 0 Å². The van der Waals surface area contributed by atoms with Crippen molar-refractivity contribution in [2.24, 2.45) is 11.8 Å². The molecule has 0 amide bonds. The summed E-state index contributed by atoms with van der Waals surface area (Å²) in [5.74, 6) is 1.91. The summed E-state index contributed by atoms with van der Waals surface area (Å²) in [5.41, 5.74) is 6.05. The summed E-state index contributed by atoms with van der Waals surface area (Å²) in [5, 5.41) is 0. The highest BCUT2D eigenvalue weighted by molar-refractivity contribution is 5.42. The van der Waals surface area contributed by atoms with Gasteiger partial charge in [0.15, 0.2) is 0 Å². The van der Waals surface area contributed by atoms with Crippen LogP contribution in [0.1, 0.15) is 67.2 Å². The van der Waals surface area contributed by atoms with Gasteiger partial charge in [0, 0.05) is 5.41 Å². The van der Waals surface area contributed by atoms with Gasteiger partial charge in [-0.25, -0.2) is 0 Å². The first kappa shape index (κ1) is 15.9. The Hall–Kier alpha value is -1.56. The minimum atomic E-state index is 0.236. The van der Waals surface area contributed by atoms with Crippen molar-refractivity contribution in [3.8, 4) is 0 Å². The average molecular weight is 319 g/mol. The molecule has 0 bridgehead atoms. The Labute approximate surface area is 147 Å². The Morgan fingerprint density at radius 1 is 0.667 bits per heavy atom. The number of aryl methyl sites for hydroxylation is 2. The van der Waals surface area contributed by atoms with Gasteiger partial charge in [-0.2, -0.15) is 0 Å². The SMILES string of the molecule is Cc1ccc(C2(c3ccc(C)cc3)CCC3CCCCC3C2)cc1. The Kier molecular flexibility index (Phi) is 4.24. The van der Waals surface area contributed by atoms with Crippen LogP contribution >= 0.6 is 0 Å². The molecule has 2 aromatic rings. The van der Waals surface area contributed by atoms with Gasteiger partial charge in [0.2, 0.25) is 0 Å². The highest BCUT2D eigenvalue weighted by Crippen LogP contribution is 2.52. The summed E-state index contributed by atoms with van der Waals surface area (Å²) in [7, 11) is 0. The molecule has 2 aromatic carbocycles. The van der Waals surface area contributed by atoms with E-state index in [-0.39, 0.29) is 5.41 Å². The highest BCUT2D eigenvalue weighted by atomic mass is 14.5. The summed E-state index contributed by atoms with van der Waals surface area (Å²) in [6.07, 6.45) is 9.91. The molecule has 0 aliphatic heterocycles. The first-order chi connectivity index (χ1) is 11.7.